The van der Waals surface area contributed by atoms with E-state index >= 15 is 0 Å². The van der Waals surface area contributed by atoms with Gasteiger partial charge in [-0.15, -0.1) is 11.3 Å². The van der Waals surface area contributed by atoms with Crippen LogP contribution < -0.4 is 10.1 Å². The van der Waals surface area contributed by atoms with E-state index in [9.17, 15) is 22.8 Å². The van der Waals surface area contributed by atoms with Crippen molar-refractivity contribution in [3.8, 4) is 16.9 Å². The number of fused-ring (bicyclic) bond motifs is 1. The Bertz CT molecular complexity index is 1280. The lowest BCUT2D eigenvalue weighted by Gasteiger charge is -2.27. The molecule has 1 aromatic carbocycles. The molecule has 0 spiro atoms. The molecule has 2 aromatic heterocycles. The molecule has 0 unspecified atom stereocenters. The molecule has 4 heterocycles. The number of halogens is 3. The number of aryl methyl sites for hydroxylation is 1. The van der Waals surface area contributed by atoms with Crippen LogP contribution in [0.3, 0.4) is 0 Å². The standard InChI is InChI=1S/C25H24F3N3O3S/c1-14-9-15(25(26,27)28)10-19(23(14)34-16-3-2-7-29-12-16)18-6-8-30-20-11-17(35-24(18)20)13-31-21(32)4-5-22(31)33/h6,8-11,16,29H,2-5,7,12-13H2,1H3/t16-/m0/s1. The van der Waals surface area contributed by atoms with Crippen LogP contribution >= 0.6 is 11.3 Å². The largest absolute Gasteiger partial charge is 0.488 e. The minimum absolute atomic E-state index is 0.136. The lowest BCUT2D eigenvalue weighted by atomic mass is 9.98. The second kappa shape index (κ2) is 9.23. The number of likely N-dealkylation sites (tertiary alicyclic amines) is 1. The maximum atomic E-state index is 13.7. The Labute approximate surface area is 204 Å². The lowest BCUT2D eigenvalue weighted by Crippen LogP contribution is -2.37. The van der Waals surface area contributed by atoms with E-state index in [4.69, 9.17) is 4.74 Å². The molecule has 0 radical (unpaired) electrons. The van der Waals surface area contributed by atoms with Crippen molar-refractivity contribution in [1.29, 1.82) is 0 Å². The Morgan fingerprint density at radius 2 is 1.94 bits per heavy atom. The number of amides is 2. The van der Waals surface area contributed by atoms with E-state index in [0.29, 0.717) is 39.2 Å². The highest BCUT2D eigenvalue weighted by molar-refractivity contribution is 7.19. The summed E-state index contributed by atoms with van der Waals surface area (Å²) >= 11 is 1.33. The summed E-state index contributed by atoms with van der Waals surface area (Å²) < 4.78 is 48.2. The predicted octanol–water partition coefficient (Wildman–Crippen LogP) is 5.07. The molecule has 2 fully saturated rings. The fraction of sp³-hybridized carbons (Fsp3) is 0.400. The molecule has 1 N–H and O–H groups in total. The highest BCUT2D eigenvalue weighted by Crippen LogP contribution is 2.44. The third-order valence-corrected chi connectivity index (χ3v) is 7.50. The van der Waals surface area contributed by atoms with Crippen molar-refractivity contribution in [1.82, 2.24) is 15.2 Å². The third-order valence-electron chi connectivity index (χ3n) is 6.36. The first-order valence-corrected chi connectivity index (χ1v) is 12.3. The van der Waals surface area contributed by atoms with Crippen LogP contribution in [-0.4, -0.2) is 40.9 Å². The van der Waals surface area contributed by atoms with Crippen molar-refractivity contribution >= 4 is 33.4 Å². The number of carbonyl (C=O) groups excluding carboxylic acids is 2. The number of hydrogen-bond donors (Lipinski definition) is 1. The number of hydrogen-bond acceptors (Lipinski definition) is 6. The van der Waals surface area contributed by atoms with Gasteiger partial charge in [-0.3, -0.25) is 19.5 Å². The van der Waals surface area contributed by atoms with Crippen LogP contribution in [0.25, 0.3) is 21.3 Å². The second-order valence-electron chi connectivity index (χ2n) is 8.91. The molecule has 184 valence electrons. The number of nitrogens with zero attached hydrogens (tertiary/aromatic N) is 2. The third kappa shape index (κ3) is 4.77. The molecular weight excluding hydrogens is 479 g/mol. The minimum Gasteiger partial charge on any atom is -0.488 e. The molecule has 2 aliphatic heterocycles. The molecule has 1 atom stereocenters. The van der Waals surface area contributed by atoms with Crippen molar-refractivity contribution in [2.45, 2.75) is 51.4 Å². The zero-order valence-corrected chi connectivity index (χ0v) is 19.9. The average molecular weight is 504 g/mol. The molecule has 3 aromatic rings. The molecule has 5 rings (SSSR count). The fourth-order valence-electron chi connectivity index (χ4n) is 4.61. The second-order valence-corrected chi connectivity index (χ2v) is 10.0. The molecule has 0 aliphatic carbocycles. The van der Waals surface area contributed by atoms with E-state index in [1.807, 2.05) is 0 Å². The summed E-state index contributed by atoms with van der Waals surface area (Å²) in [6.45, 7) is 3.29. The van der Waals surface area contributed by atoms with Crippen LogP contribution in [0.1, 0.15) is 41.7 Å². The van der Waals surface area contributed by atoms with Gasteiger partial charge in [0.25, 0.3) is 0 Å². The zero-order valence-electron chi connectivity index (χ0n) is 19.1. The summed E-state index contributed by atoms with van der Waals surface area (Å²) in [5.74, 6) is -0.00381. The first kappa shape index (κ1) is 23.7. The van der Waals surface area contributed by atoms with E-state index in [1.165, 1.54) is 16.2 Å². The fourth-order valence-corrected chi connectivity index (χ4v) is 5.74. The Morgan fingerprint density at radius 1 is 1.17 bits per heavy atom. The molecular formula is C25H24F3N3O3S. The topological polar surface area (TPSA) is 71.5 Å². The summed E-state index contributed by atoms with van der Waals surface area (Å²) in [5.41, 5.74) is 1.21. The van der Waals surface area contributed by atoms with Gasteiger partial charge in [0.05, 0.1) is 22.3 Å². The number of imide groups is 1. The van der Waals surface area contributed by atoms with Crippen LogP contribution in [0.4, 0.5) is 13.2 Å². The number of benzene rings is 1. The van der Waals surface area contributed by atoms with Crippen molar-refractivity contribution in [3.05, 3.63) is 46.5 Å². The number of piperidine rings is 1. The number of carbonyl (C=O) groups is 2. The minimum atomic E-state index is -4.51. The SMILES string of the molecule is Cc1cc(C(F)(F)F)cc(-c2ccnc3cc(CN4C(=O)CCC4=O)sc23)c1O[C@H]1CCCNC1. The molecule has 2 aliphatic rings. The first-order valence-electron chi connectivity index (χ1n) is 11.5. The highest BCUT2D eigenvalue weighted by Gasteiger charge is 2.33. The molecule has 35 heavy (non-hydrogen) atoms. The monoisotopic (exact) mass is 503 g/mol. The highest BCUT2D eigenvalue weighted by atomic mass is 32.1. The summed E-state index contributed by atoms with van der Waals surface area (Å²) in [6.07, 6.45) is -0.932. The Morgan fingerprint density at radius 3 is 2.63 bits per heavy atom. The van der Waals surface area contributed by atoms with Crippen molar-refractivity contribution < 1.29 is 27.5 Å². The number of rotatable bonds is 5. The van der Waals surface area contributed by atoms with Gasteiger partial charge in [-0.25, -0.2) is 0 Å². The molecule has 10 heteroatoms. The Balaban J connectivity index is 1.60. The van der Waals surface area contributed by atoms with E-state index in [0.717, 1.165) is 36.4 Å². The van der Waals surface area contributed by atoms with Gasteiger partial charge in [-0.2, -0.15) is 13.2 Å². The van der Waals surface area contributed by atoms with Gasteiger partial charge < -0.3 is 10.1 Å². The maximum absolute atomic E-state index is 13.7. The van der Waals surface area contributed by atoms with E-state index in [1.54, 1.807) is 25.3 Å². The van der Waals surface area contributed by atoms with Gasteiger partial charge in [-0.05, 0) is 56.1 Å². The van der Waals surface area contributed by atoms with Crippen molar-refractivity contribution in [2.24, 2.45) is 0 Å². The smallest absolute Gasteiger partial charge is 0.416 e. The predicted molar refractivity (Wildman–Crippen MR) is 126 cm³/mol. The molecule has 6 nitrogen and oxygen atoms in total. The maximum Gasteiger partial charge on any atom is 0.416 e. The number of ether oxygens (including phenoxy) is 1. The first-order chi connectivity index (χ1) is 16.7. The number of nitrogens with one attached hydrogen (secondary N) is 1. The summed E-state index contributed by atoms with van der Waals surface area (Å²) in [5, 5.41) is 3.27. The van der Waals surface area contributed by atoms with Gasteiger partial charge in [0, 0.05) is 41.6 Å². The molecule has 0 bridgehead atoms. The summed E-state index contributed by atoms with van der Waals surface area (Å²) in [6, 6.07) is 5.74. The van der Waals surface area contributed by atoms with E-state index < -0.39 is 11.7 Å². The summed E-state index contributed by atoms with van der Waals surface area (Å²) in [4.78, 5) is 30.5. The molecule has 2 amide bonds. The molecule has 0 saturated carbocycles. The van der Waals surface area contributed by atoms with E-state index in [-0.39, 0.29) is 37.3 Å². The number of thiophene rings is 1. The van der Waals surface area contributed by atoms with Gasteiger partial charge in [0.1, 0.15) is 11.9 Å². The van der Waals surface area contributed by atoms with Gasteiger partial charge in [-0.1, -0.05) is 0 Å². The van der Waals surface area contributed by atoms with Gasteiger partial charge in [0.2, 0.25) is 11.8 Å². The van der Waals surface area contributed by atoms with Gasteiger partial charge in [0.15, 0.2) is 0 Å². The average Bonchev–Trinajstić information content (AvgIpc) is 3.38. The van der Waals surface area contributed by atoms with Gasteiger partial charge >= 0.3 is 6.18 Å². The van der Waals surface area contributed by atoms with Crippen LogP contribution in [0.2, 0.25) is 0 Å². The lowest BCUT2D eigenvalue weighted by molar-refractivity contribution is -0.139. The van der Waals surface area contributed by atoms with Crippen molar-refractivity contribution in [2.75, 3.05) is 13.1 Å². The quantitative estimate of drug-likeness (QED) is 0.493. The van der Waals surface area contributed by atoms with Crippen LogP contribution in [0.5, 0.6) is 5.75 Å². The number of aromatic nitrogens is 1. The van der Waals surface area contributed by atoms with Crippen molar-refractivity contribution in [3.63, 3.8) is 0 Å². The van der Waals surface area contributed by atoms with E-state index in [2.05, 4.69) is 10.3 Å². The zero-order chi connectivity index (χ0) is 24.7. The number of pyridine rings is 1. The van der Waals surface area contributed by atoms with Crippen LogP contribution in [0, 0.1) is 6.92 Å². The Hall–Kier alpha value is -2.98. The molecule has 2 saturated heterocycles. The van der Waals surface area contributed by atoms with Crippen LogP contribution in [-0.2, 0) is 22.3 Å². The number of alkyl halides is 3. The van der Waals surface area contributed by atoms with Crippen LogP contribution in [0.15, 0.2) is 30.5 Å². The normalized spacial score (nSPS) is 19.1. The summed E-state index contributed by atoms with van der Waals surface area (Å²) in [7, 11) is 0. The Kier molecular flexibility index (Phi) is 6.27.